The van der Waals surface area contributed by atoms with Gasteiger partial charge >= 0.3 is 0 Å². The van der Waals surface area contributed by atoms with E-state index in [0.717, 1.165) is 19.3 Å². The number of hydroxylamine groups is 1. The minimum Gasteiger partial charge on any atom is -0.494 e. The highest BCUT2D eigenvalue weighted by atomic mass is 32.2. The van der Waals surface area contributed by atoms with E-state index in [1.54, 1.807) is 29.7 Å². The second-order valence-corrected chi connectivity index (χ2v) is 10.1. The van der Waals surface area contributed by atoms with Gasteiger partial charge in [-0.25, -0.2) is 5.48 Å². The van der Waals surface area contributed by atoms with Gasteiger partial charge in [-0.15, -0.1) is 0 Å². The van der Waals surface area contributed by atoms with Gasteiger partial charge in [0.2, 0.25) is 0 Å². The predicted molar refractivity (Wildman–Crippen MR) is 128 cm³/mol. The lowest BCUT2D eigenvalue weighted by molar-refractivity contribution is -0.134. The first-order valence-electron chi connectivity index (χ1n) is 11.3. The number of hydrogen-bond acceptors (Lipinski definition) is 5. The van der Waals surface area contributed by atoms with Gasteiger partial charge in [-0.1, -0.05) is 42.5 Å². The van der Waals surface area contributed by atoms with Gasteiger partial charge in [0.15, 0.2) is 0 Å². The van der Waals surface area contributed by atoms with E-state index < -0.39 is 21.5 Å². The molecule has 1 atom stereocenters. The van der Waals surface area contributed by atoms with E-state index in [0.29, 0.717) is 43.3 Å². The Kier molecular flexibility index (Phi) is 7.75. The Morgan fingerprint density at radius 3 is 2.45 bits per heavy atom. The van der Waals surface area contributed by atoms with Crippen molar-refractivity contribution in [2.45, 2.75) is 41.7 Å². The number of hydrogen-bond donors (Lipinski definition) is 2. The summed E-state index contributed by atoms with van der Waals surface area (Å²) in [5, 5.41) is 11.7. The van der Waals surface area contributed by atoms with Crippen molar-refractivity contribution in [3.8, 4) is 5.75 Å². The van der Waals surface area contributed by atoms with Crippen LogP contribution in [0.15, 0.2) is 71.6 Å². The highest BCUT2D eigenvalue weighted by Gasteiger charge is 2.46. The maximum Gasteiger partial charge on any atom is 0.262 e. The smallest absolute Gasteiger partial charge is 0.262 e. The molecule has 0 spiro atoms. The number of aryl methyl sites for hydroxylation is 1. The van der Waals surface area contributed by atoms with Gasteiger partial charge in [-0.2, -0.15) is 0 Å². The Labute approximate surface area is 196 Å². The summed E-state index contributed by atoms with van der Waals surface area (Å²) in [6, 6.07) is 22.0. The fourth-order valence-corrected chi connectivity index (χ4v) is 5.79. The molecule has 3 aromatic carbocycles. The summed E-state index contributed by atoms with van der Waals surface area (Å²) in [5.74, 6) is 0.0740. The van der Waals surface area contributed by atoms with Crippen LogP contribution in [0.25, 0.3) is 10.8 Å². The largest absolute Gasteiger partial charge is 0.494 e. The van der Waals surface area contributed by atoms with E-state index in [9.17, 15) is 9.00 Å². The molecule has 0 radical (unpaired) electrons. The molecule has 3 aromatic rings. The molecule has 0 aromatic heterocycles. The summed E-state index contributed by atoms with van der Waals surface area (Å²) in [5.41, 5.74) is 3.01. The molecular formula is C26H29NO5S. The second kappa shape index (κ2) is 10.9. The van der Waals surface area contributed by atoms with Gasteiger partial charge in [0.25, 0.3) is 5.91 Å². The van der Waals surface area contributed by atoms with Crippen LogP contribution in [0.4, 0.5) is 0 Å². The number of carbonyl (C=O) groups is 1. The highest BCUT2D eigenvalue weighted by molar-refractivity contribution is 7.87. The lowest BCUT2D eigenvalue weighted by Gasteiger charge is -2.33. The molecule has 6 nitrogen and oxygen atoms in total. The first-order chi connectivity index (χ1) is 16.1. The Hall–Kier alpha value is -2.74. The monoisotopic (exact) mass is 467 g/mol. The SMILES string of the molecule is O=C(NO)C1(S(=O)c2ccc(OCCCCc3ccc4ccccc4c3)cc2)CCOCC1. The van der Waals surface area contributed by atoms with Crippen molar-refractivity contribution >= 4 is 27.5 Å². The van der Waals surface area contributed by atoms with E-state index in [1.165, 1.54) is 16.3 Å². The zero-order valence-corrected chi connectivity index (χ0v) is 19.3. The van der Waals surface area contributed by atoms with E-state index >= 15 is 0 Å². The molecular weight excluding hydrogens is 438 g/mol. The molecule has 174 valence electrons. The van der Waals surface area contributed by atoms with Crippen LogP contribution in [0.1, 0.15) is 31.2 Å². The second-order valence-electron chi connectivity index (χ2n) is 8.27. The summed E-state index contributed by atoms with van der Waals surface area (Å²) in [6.07, 6.45) is 3.55. The predicted octanol–water partition coefficient (Wildman–Crippen LogP) is 4.40. The molecule has 2 N–H and O–H groups in total. The van der Waals surface area contributed by atoms with Crippen molar-refractivity contribution in [2.24, 2.45) is 0 Å². The molecule has 1 amide bonds. The number of fused-ring (bicyclic) bond motifs is 1. The molecule has 33 heavy (non-hydrogen) atoms. The fraction of sp³-hybridized carbons (Fsp3) is 0.346. The van der Waals surface area contributed by atoms with Crippen LogP contribution in [0.2, 0.25) is 0 Å². The molecule has 0 bridgehead atoms. The molecule has 1 heterocycles. The van der Waals surface area contributed by atoms with Crippen LogP contribution in [0.3, 0.4) is 0 Å². The van der Waals surface area contributed by atoms with E-state index in [1.807, 2.05) is 0 Å². The van der Waals surface area contributed by atoms with Crippen LogP contribution < -0.4 is 10.2 Å². The summed E-state index contributed by atoms with van der Waals surface area (Å²) in [4.78, 5) is 12.8. The number of nitrogens with one attached hydrogen (secondary N) is 1. The summed E-state index contributed by atoms with van der Waals surface area (Å²) < 4.78 is 23.2. The van der Waals surface area contributed by atoms with E-state index in [2.05, 4.69) is 42.5 Å². The topological polar surface area (TPSA) is 84.9 Å². The number of benzene rings is 3. The number of carbonyl (C=O) groups excluding carboxylic acids is 1. The van der Waals surface area contributed by atoms with Crippen molar-refractivity contribution in [3.63, 3.8) is 0 Å². The molecule has 1 aliphatic heterocycles. The lowest BCUT2D eigenvalue weighted by Crippen LogP contribution is -2.52. The van der Waals surface area contributed by atoms with Gasteiger partial charge in [0.05, 0.1) is 17.4 Å². The molecule has 1 aliphatic rings. The average molecular weight is 468 g/mol. The fourth-order valence-electron chi connectivity index (χ4n) is 4.20. The van der Waals surface area contributed by atoms with Crippen molar-refractivity contribution < 1.29 is 23.7 Å². The Morgan fingerprint density at radius 2 is 1.73 bits per heavy atom. The molecule has 7 heteroatoms. The minimum atomic E-state index is -1.61. The molecule has 1 fully saturated rings. The van der Waals surface area contributed by atoms with Crippen LogP contribution in [-0.2, 0) is 26.8 Å². The standard InChI is InChI=1S/C26H29NO5S/c28-25(27-29)26(14-17-31-18-15-26)33(30)24-12-10-23(11-13-24)32-16-4-3-5-20-8-9-21-6-1-2-7-22(21)19-20/h1-2,6-13,19,29H,3-5,14-18H2,(H,27,28). The van der Waals surface area contributed by atoms with Crippen LogP contribution in [0.5, 0.6) is 5.75 Å². The first kappa shape index (κ1) is 23.4. The Balaban J connectivity index is 1.27. The van der Waals surface area contributed by atoms with Crippen LogP contribution in [-0.4, -0.2) is 39.9 Å². The normalized spacial score (nSPS) is 16.3. The number of ether oxygens (including phenoxy) is 2. The lowest BCUT2D eigenvalue weighted by atomic mass is 9.98. The third-order valence-electron chi connectivity index (χ3n) is 6.15. The third-order valence-corrected chi connectivity index (χ3v) is 8.15. The van der Waals surface area contributed by atoms with Gasteiger partial charge in [-0.3, -0.25) is 14.2 Å². The van der Waals surface area contributed by atoms with Crippen molar-refractivity contribution in [1.29, 1.82) is 0 Å². The zero-order chi connectivity index (χ0) is 23.1. The van der Waals surface area contributed by atoms with Gasteiger partial charge in [0, 0.05) is 18.1 Å². The highest BCUT2D eigenvalue weighted by Crippen LogP contribution is 2.32. The Bertz CT molecular complexity index is 1110. The number of rotatable bonds is 9. The minimum absolute atomic E-state index is 0.293. The quantitative estimate of drug-likeness (QED) is 0.277. The Morgan fingerprint density at radius 1 is 1.00 bits per heavy atom. The maximum atomic E-state index is 13.2. The number of unbranched alkanes of at least 4 members (excludes halogenated alkanes) is 1. The van der Waals surface area contributed by atoms with Gasteiger partial charge < -0.3 is 9.47 Å². The van der Waals surface area contributed by atoms with Gasteiger partial charge in [-0.05, 0) is 72.7 Å². The van der Waals surface area contributed by atoms with E-state index in [4.69, 9.17) is 14.7 Å². The number of amides is 1. The third kappa shape index (κ3) is 5.43. The van der Waals surface area contributed by atoms with Crippen molar-refractivity contribution in [2.75, 3.05) is 19.8 Å². The molecule has 1 saturated heterocycles. The van der Waals surface area contributed by atoms with Crippen molar-refractivity contribution in [1.82, 2.24) is 5.48 Å². The molecule has 1 unspecified atom stereocenters. The molecule has 0 aliphatic carbocycles. The van der Waals surface area contributed by atoms with Crippen LogP contribution in [0, 0.1) is 0 Å². The summed E-state index contributed by atoms with van der Waals surface area (Å²) in [7, 11) is -1.61. The average Bonchev–Trinajstić information content (AvgIpc) is 2.88. The zero-order valence-electron chi connectivity index (χ0n) is 18.5. The maximum absolute atomic E-state index is 13.2. The summed E-state index contributed by atoms with van der Waals surface area (Å²) >= 11 is 0. The van der Waals surface area contributed by atoms with Crippen LogP contribution >= 0.6 is 0 Å². The van der Waals surface area contributed by atoms with E-state index in [-0.39, 0.29) is 0 Å². The summed E-state index contributed by atoms with van der Waals surface area (Å²) in [6.45, 7) is 1.27. The first-order valence-corrected chi connectivity index (χ1v) is 12.4. The van der Waals surface area contributed by atoms with Gasteiger partial charge in [0.1, 0.15) is 10.5 Å². The molecule has 4 rings (SSSR count). The molecule has 0 saturated carbocycles. The van der Waals surface area contributed by atoms with Crippen molar-refractivity contribution in [3.05, 3.63) is 72.3 Å².